The van der Waals surface area contributed by atoms with Crippen LogP contribution in [0.3, 0.4) is 0 Å². The van der Waals surface area contributed by atoms with Crippen molar-refractivity contribution in [3.8, 4) is 0 Å². The molecule has 0 bridgehead atoms. The van der Waals surface area contributed by atoms with Crippen LogP contribution in [0.5, 0.6) is 0 Å². The Hall–Kier alpha value is -1.38. The number of hydrogen-bond donors (Lipinski definition) is 2. The number of aliphatic carboxylic acids is 1. The molecule has 150 valence electrons. The normalized spacial score (nSPS) is 20.2. The van der Waals surface area contributed by atoms with Crippen LogP contribution in [0.25, 0.3) is 0 Å². The Morgan fingerprint density at radius 1 is 1.35 bits per heavy atom. The summed E-state index contributed by atoms with van der Waals surface area (Å²) in [6.45, 7) is 3.28. The minimum atomic E-state index is -0.945. The number of nitrogens with two attached hydrogens (primary N) is 1. The molecule has 0 unspecified atom stereocenters. The zero-order valence-corrected chi connectivity index (χ0v) is 16.1. The lowest BCUT2D eigenvalue weighted by atomic mass is 9.77. The summed E-state index contributed by atoms with van der Waals surface area (Å²) in [7, 11) is 1.65. The van der Waals surface area contributed by atoms with Crippen LogP contribution in [0, 0.1) is 5.41 Å². The number of rotatable bonds is 8. The van der Waals surface area contributed by atoms with E-state index in [0.29, 0.717) is 26.1 Å². The first-order valence-electron chi connectivity index (χ1n) is 8.90. The fourth-order valence-electron chi connectivity index (χ4n) is 3.76. The summed E-state index contributed by atoms with van der Waals surface area (Å²) in [6.07, 6.45) is 3.01. The van der Waals surface area contributed by atoms with Gasteiger partial charge in [0.2, 0.25) is 11.8 Å². The zero-order valence-electron chi connectivity index (χ0n) is 15.3. The maximum absolute atomic E-state index is 12.3. The van der Waals surface area contributed by atoms with E-state index in [1.165, 1.54) is 0 Å². The van der Waals surface area contributed by atoms with Gasteiger partial charge < -0.3 is 25.4 Å². The van der Waals surface area contributed by atoms with Crippen molar-refractivity contribution in [2.75, 3.05) is 39.9 Å². The van der Waals surface area contributed by atoms with Crippen molar-refractivity contribution < 1.29 is 24.2 Å². The van der Waals surface area contributed by atoms with Gasteiger partial charge in [-0.1, -0.05) is 0 Å². The van der Waals surface area contributed by atoms with Gasteiger partial charge in [-0.15, -0.1) is 12.4 Å². The predicted octanol–water partition coefficient (Wildman–Crippen LogP) is 0.478. The molecule has 8 nitrogen and oxygen atoms in total. The van der Waals surface area contributed by atoms with E-state index in [1.807, 2.05) is 4.90 Å². The van der Waals surface area contributed by atoms with Crippen molar-refractivity contribution in [1.82, 2.24) is 9.80 Å². The van der Waals surface area contributed by atoms with Crippen molar-refractivity contribution in [3.05, 3.63) is 0 Å². The average molecular weight is 392 g/mol. The van der Waals surface area contributed by atoms with Gasteiger partial charge >= 0.3 is 5.97 Å². The minimum absolute atomic E-state index is 0. The molecular weight excluding hydrogens is 362 g/mol. The highest BCUT2D eigenvalue weighted by molar-refractivity contribution is 5.85. The van der Waals surface area contributed by atoms with E-state index in [1.54, 1.807) is 12.0 Å². The van der Waals surface area contributed by atoms with E-state index < -0.39 is 12.0 Å². The maximum Gasteiger partial charge on any atom is 0.303 e. The SMILES string of the molecule is COCCCN1CC2(CCN(C(=O)[C@@H](N)CCC(=O)O)CC2)CC1=O.Cl. The smallest absolute Gasteiger partial charge is 0.303 e. The van der Waals surface area contributed by atoms with Gasteiger partial charge in [0.1, 0.15) is 0 Å². The van der Waals surface area contributed by atoms with E-state index in [2.05, 4.69) is 0 Å². The first kappa shape index (κ1) is 22.7. The second kappa shape index (κ2) is 10.1. The maximum atomic E-state index is 12.3. The number of nitrogens with zero attached hydrogens (tertiary/aromatic N) is 2. The molecule has 0 aromatic carbocycles. The van der Waals surface area contributed by atoms with Crippen LogP contribution < -0.4 is 5.73 Å². The first-order valence-corrected chi connectivity index (χ1v) is 8.90. The van der Waals surface area contributed by atoms with Crippen LogP contribution in [0.15, 0.2) is 0 Å². The average Bonchev–Trinajstić information content (AvgIpc) is 2.88. The number of methoxy groups -OCH3 is 1. The van der Waals surface area contributed by atoms with E-state index in [0.717, 1.165) is 32.4 Å². The zero-order chi connectivity index (χ0) is 18.4. The molecule has 9 heteroatoms. The monoisotopic (exact) mass is 391 g/mol. The molecule has 0 aromatic heterocycles. The van der Waals surface area contributed by atoms with Crippen molar-refractivity contribution in [2.24, 2.45) is 11.1 Å². The Labute approximate surface area is 160 Å². The van der Waals surface area contributed by atoms with Gasteiger partial charge in [-0.05, 0) is 25.7 Å². The predicted molar refractivity (Wildman–Crippen MR) is 98.0 cm³/mol. The summed E-state index contributed by atoms with van der Waals surface area (Å²) in [6, 6.07) is -0.763. The molecule has 2 rings (SSSR count). The topological polar surface area (TPSA) is 113 Å². The number of carbonyl (C=O) groups excluding carboxylic acids is 2. The van der Waals surface area contributed by atoms with Gasteiger partial charge in [0.05, 0.1) is 6.04 Å². The number of piperidine rings is 1. The summed E-state index contributed by atoms with van der Waals surface area (Å²) in [5.74, 6) is -0.940. The number of halogens is 1. The molecule has 2 aliphatic rings. The summed E-state index contributed by atoms with van der Waals surface area (Å²) in [5, 5.41) is 8.70. The van der Waals surface area contributed by atoms with Crippen LogP contribution in [-0.2, 0) is 19.1 Å². The number of likely N-dealkylation sites (tertiary alicyclic amines) is 2. The van der Waals surface area contributed by atoms with Crippen LogP contribution in [0.1, 0.15) is 38.5 Å². The molecule has 0 saturated carbocycles. The molecule has 0 radical (unpaired) electrons. The highest BCUT2D eigenvalue weighted by Crippen LogP contribution is 2.41. The molecule has 0 aliphatic carbocycles. The highest BCUT2D eigenvalue weighted by Gasteiger charge is 2.45. The van der Waals surface area contributed by atoms with E-state index in [4.69, 9.17) is 15.6 Å². The summed E-state index contributed by atoms with van der Waals surface area (Å²) < 4.78 is 5.04. The Balaban J connectivity index is 0.00000338. The summed E-state index contributed by atoms with van der Waals surface area (Å²) in [5.41, 5.74) is 5.79. The molecule has 1 spiro atoms. The third-order valence-electron chi connectivity index (χ3n) is 5.30. The minimum Gasteiger partial charge on any atom is -0.481 e. The lowest BCUT2D eigenvalue weighted by molar-refractivity contribution is -0.138. The van der Waals surface area contributed by atoms with Gasteiger partial charge in [-0.2, -0.15) is 0 Å². The summed E-state index contributed by atoms with van der Waals surface area (Å²) >= 11 is 0. The van der Waals surface area contributed by atoms with Crippen molar-refractivity contribution in [3.63, 3.8) is 0 Å². The van der Waals surface area contributed by atoms with Crippen LogP contribution >= 0.6 is 12.4 Å². The van der Waals surface area contributed by atoms with Crippen LogP contribution in [0.2, 0.25) is 0 Å². The lowest BCUT2D eigenvalue weighted by Crippen LogP contribution is -2.50. The molecule has 1 atom stereocenters. The number of hydrogen-bond acceptors (Lipinski definition) is 5. The Bertz CT molecular complexity index is 509. The Morgan fingerprint density at radius 3 is 2.58 bits per heavy atom. The van der Waals surface area contributed by atoms with Gasteiger partial charge in [-0.25, -0.2) is 0 Å². The standard InChI is InChI=1S/C17H29N3O5.ClH/c1-25-10-2-7-20-12-17(11-14(20)21)5-8-19(9-6-17)16(24)13(18)3-4-15(22)23;/h13H,2-12,18H2,1H3,(H,22,23);1H/t13-;/m0./s1. The molecular formula is C17H30ClN3O5. The Kier molecular flexibility index (Phi) is 8.79. The quantitative estimate of drug-likeness (QED) is 0.582. The molecule has 0 aromatic rings. The molecule has 3 N–H and O–H groups in total. The number of carboxylic acid groups (broad SMARTS) is 1. The van der Waals surface area contributed by atoms with E-state index in [9.17, 15) is 14.4 Å². The second-order valence-electron chi connectivity index (χ2n) is 7.20. The molecule has 2 saturated heterocycles. The molecule has 2 amide bonds. The van der Waals surface area contributed by atoms with Crippen molar-refractivity contribution >= 4 is 30.2 Å². The van der Waals surface area contributed by atoms with E-state index in [-0.39, 0.29) is 42.5 Å². The first-order chi connectivity index (χ1) is 11.9. The van der Waals surface area contributed by atoms with Gasteiger partial charge in [0.25, 0.3) is 0 Å². The molecule has 2 heterocycles. The third-order valence-corrected chi connectivity index (χ3v) is 5.30. The van der Waals surface area contributed by atoms with Crippen molar-refractivity contribution in [2.45, 2.75) is 44.6 Å². The van der Waals surface area contributed by atoms with E-state index >= 15 is 0 Å². The molecule has 26 heavy (non-hydrogen) atoms. The van der Waals surface area contributed by atoms with Crippen LogP contribution in [-0.4, -0.2) is 78.6 Å². The summed E-state index contributed by atoms with van der Waals surface area (Å²) in [4.78, 5) is 38.8. The molecule has 2 aliphatic heterocycles. The van der Waals surface area contributed by atoms with Gasteiger partial charge in [-0.3, -0.25) is 14.4 Å². The Morgan fingerprint density at radius 2 is 2.00 bits per heavy atom. The molecule has 2 fully saturated rings. The number of ether oxygens (including phenoxy) is 1. The largest absolute Gasteiger partial charge is 0.481 e. The lowest BCUT2D eigenvalue weighted by Gasteiger charge is -2.39. The number of carbonyl (C=O) groups is 3. The van der Waals surface area contributed by atoms with Gasteiger partial charge in [0.15, 0.2) is 0 Å². The highest BCUT2D eigenvalue weighted by atomic mass is 35.5. The number of amides is 2. The van der Waals surface area contributed by atoms with Crippen LogP contribution in [0.4, 0.5) is 0 Å². The second-order valence-corrected chi connectivity index (χ2v) is 7.20. The fourth-order valence-corrected chi connectivity index (χ4v) is 3.76. The number of carboxylic acids is 1. The fraction of sp³-hybridized carbons (Fsp3) is 0.824. The van der Waals surface area contributed by atoms with Crippen molar-refractivity contribution in [1.29, 1.82) is 0 Å². The third kappa shape index (κ3) is 5.82. The van der Waals surface area contributed by atoms with Gasteiger partial charge in [0, 0.05) is 58.2 Å².